The first-order valence-electron chi connectivity index (χ1n) is 6.27. The monoisotopic (exact) mass is 293 g/mol. The molecule has 0 saturated carbocycles. The summed E-state index contributed by atoms with van der Waals surface area (Å²) >= 11 is 5.98. The Hall–Kier alpha value is -1.85. The summed E-state index contributed by atoms with van der Waals surface area (Å²) in [6.07, 6.45) is 3.47. The molecule has 1 aromatic carbocycles. The first kappa shape index (κ1) is 14.6. The van der Waals surface area contributed by atoms with Gasteiger partial charge >= 0.3 is 0 Å². The van der Waals surface area contributed by atoms with Crippen LogP contribution in [0, 0.1) is 0 Å². The Morgan fingerprint density at radius 2 is 2.30 bits per heavy atom. The Morgan fingerprint density at radius 3 is 2.95 bits per heavy atom. The van der Waals surface area contributed by atoms with Gasteiger partial charge in [0.25, 0.3) is 0 Å². The number of carbonyl (C=O) groups excluding carboxylic acids is 1. The Labute approximate surface area is 122 Å². The molecule has 0 aliphatic carbocycles. The highest BCUT2D eigenvalue weighted by Crippen LogP contribution is 2.24. The van der Waals surface area contributed by atoms with Gasteiger partial charge in [0.2, 0.25) is 5.91 Å². The lowest BCUT2D eigenvalue weighted by Gasteiger charge is -2.12. The molecule has 5 nitrogen and oxygen atoms in total. The Kier molecular flexibility index (Phi) is 4.76. The van der Waals surface area contributed by atoms with Crippen molar-refractivity contribution in [3.05, 3.63) is 41.7 Å². The van der Waals surface area contributed by atoms with E-state index in [1.54, 1.807) is 35.3 Å². The van der Waals surface area contributed by atoms with Crippen molar-refractivity contribution in [3.8, 4) is 5.69 Å². The molecule has 106 valence electrons. The van der Waals surface area contributed by atoms with E-state index in [1.165, 1.54) is 0 Å². The number of carbonyl (C=O) groups is 1. The highest BCUT2D eigenvalue weighted by atomic mass is 35.5. The molecule has 0 aliphatic rings. The zero-order valence-corrected chi connectivity index (χ0v) is 12.1. The average Bonchev–Trinajstić information content (AvgIpc) is 2.90. The van der Waals surface area contributed by atoms with Crippen LogP contribution in [0.25, 0.3) is 5.69 Å². The maximum Gasteiger partial charge on any atom is 0.250 e. The molecule has 0 aliphatic heterocycles. The fourth-order valence-electron chi connectivity index (χ4n) is 1.65. The second-order valence-corrected chi connectivity index (χ2v) is 4.96. The van der Waals surface area contributed by atoms with Crippen molar-refractivity contribution in [1.29, 1.82) is 0 Å². The van der Waals surface area contributed by atoms with Gasteiger partial charge in [-0.2, -0.15) is 5.10 Å². The molecule has 0 atom stereocenters. The van der Waals surface area contributed by atoms with Crippen LogP contribution >= 0.6 is 11.6 Å². The van der Waals surface area contributed by atoms with E-state index < -0.39 is 0 Å². The lowest BCUT2D eigenvalue weighted by molar-refractivity contribution is -0.121. The fraction of sp³-hybridized carbons (Fsp3) is 0.286. The van der Waals surface area contributed by atoms with Gasteiger partial charge in [-0.15, -0.1) is 0 Å². The van der Waals surface area contributed by atoms with E-state index in [2.05, 4.69) is 10.4 Å². The van der Waals surface area contributed by atoms with Crippen LogP contribution in [0.15, 0.2) is 36.7 Å². The van der Waals surface area contributed by atoms with E-state index in [1.807, 2.05) is 19.9 Å². The molecule has 1 heterocycles. The first-order valence-corrected chi connectivity index (χ1v) is 6.65. The SMILES string of the molecule is CC(C)OCC(=O)Nc1cc(Cl)ccc1-n1cccn1. The second kappa shape index (κ2) is 6.54. The number of nitrogens with zero attached hydrogens (tertiary/aromatic N) is 2. The molecule has 0 fully saturated rings. The molecule has 6 heteroatoms. The highest BCUT2D eigenvalue weighted by Gasteiger charge is 2.10. The third-order valence-electron chi connectivity index (χ3n) is 2.53. The van der Waals surface area contributed by atoms with Crippen LogP contribution in [0.3, 0.4) is 0 Å². The van der Waals surface area contributed by atoms with Crippen LogP contribution in [0.5, 0.6) is 0 Å². The Bertz CT molecular complexity index is 582. The summed E-state index contributed by atoms with van der Waals surface area (Å²) in [7, 11) is 0. The minimum Gasteiger partial charge on any atom is -0.369 e. The first-order chi connectivity index (χ1) is 9.56. The normalized spacial score (nSPS) is 10.8. The maximum atomic E-state index is 11.8. The topological polar surface area (TPSA) is 56.1 Å². The van der Waals surface area contributed by atoms with Crippen molar-refractivity contribution < 1.29 is 9.53 Å². The number of halogens is 1. The van der Waals surface area contributed by atoms with Gasteiger partial charge in [-0.3, -0.25) is 4.79 Å². The molecule has 0 radical (unpaired) electrons. The molecular formula is C14H16ClN3O2. The molecule has 1 amide bonds. The number of aromatic nitrogens is 2. The lowest BCUT2D eigenvalue weighted by atomic mass is 10.2. The van der Waals surface area contributed by atoms with Crippen LogP contribution in [0.2, 0.25) is 5.02 Å². The van der Waals surface area contributed by atoms with Gasteiger partial charge in [-0.25, -0.2) is 4.68 Å². The van der Waals surface area contributed by atoms with Gasteiger partial charge in [0.1, 0.15) is 6.61 Å². The quantitative estimate of drug-likeness (QED) is 0.922. The molecule has 20 heavy (non-hydrogen) atoms. The summed E-state index contributed by atoms with van der Waals surface area (Å²) in [5.74, 6) is -0.227. The second-order valence-electron chi connectivity index (χ2n) is 4.52. The van der Waals surface area contributed by atoms with Crippen molar-refractivity contribution in [2.75, 3.05) is 11.9 Å². The van der Waals surface area contributed by atoms with Gasteiger partial charge in [-0.1, -0.05) is 11.6 Å². The molecule has 0 spiro atoms. The summed E-state index contributed by atoms with van der Waals surface area (Å²) < 4.78 is 6.93. The maximum absolute atomic E-state index is 11.8. The molecule has 1 N–H and O–H groups in total. The number of hydrogen-bond acceptors (Lipinski definition) is 3. The van der Waals surface area contributed by atoms with E-state index in [-0.39, 0.29) is 18.6 Å². The molecule has 2 aromatic rings. The lowest BCUT2D eigenvalue weighted by Crippen LogP contribution is -2.21. The Balaban J connectivity index is 2.18. The summed E-state index contributed by atoms with van der Waals surface area (Å²) in [5.41, 5.74) is 1.34. The van der Waals surface area contributed by atoms with Crippen molar-refractivity contribution >= 4 is 23.2 Å². The van der Waals surface area contributed by atoms with Gasteiger partial charge < -0.3 is 10.1 Å². The largest absolute Gasteiger partial charge is 0.369 e. The number of nitrogens with one attached hydrogen (secondary N) is 1. The number of amides is 1. The van der Waals surface area contributed by atoms with Crippen molar-refractivity contribution in [1.82, 2.24) is 9.78 Å². The number of anilines is 1. The van der Waals surface area contributed by atoms with E-state index in [0.717, 1.165) is 5.69 Å². The zero-order valence-electron chi connectivity index (χ0n) is 11.3. The molecule has 0 saturated heterocycles. The molecule has 2 rings (SSSR count). The third kappa shape index (κ3) is 3.82. The highest BCUT2D eigenvalue weighted by molar-refractivity contribution is 6.31. The number of ether oxygens (including phenoxy) is 1. The van der Waals surface area contributed by atoms with Gasteiger partial charge in [0.15, 0.2) is 0 Å². The van der Waals surface area contributed by atoms with Crippen LogP contribution in [0.1, 0.15) is 13.8 Å². The number of hydrogen-bond donors (Lipinski definition) is 1. The van der Waals surface area contributed by atoms with E-state index in [0.29, 0.717) is 10.7 Å². The van der Waals surface area contributed by atoms with E-state index in [9.17, 15) is 4.79 Å². The standard InChI is InChI=1S/C14H16ClN3O2/c1-10(2)20-9-14(19)17-12-8-11(15)4-5-13(12)18-7-3-6-16-18/h3-8,10H,9H2,1-2H3,(H,17,19). The third-order valence-corrected chi connectivity index (χ3v) is 2.77. The summed E-state index contributed by atoms with van der Waals surface area (Å²) in [4.78, 5) is 11.8. The average molecular weight is 294 g/mol. The van der Waals surface area contributed by atoms with E-state index >= 15 is 0 Å². The van der Waals surface area contributed by atoms with Crippen LogP contribution in [-0.2, 0) is 9.53 Å². The predicted molar refractivity (Wildman–Crippen MR) is 78.3 cm³/mol. The van der Waals surface area contributed by atoms with Crippen LogP contribution < -0.4 is 5.32 Å². The smallest absolute Gasteiger partial charge is 0.250 e. The molecular weight excluding hydrogens is 278 g/mol. The van der Waals surface area contributed by atoms with Crippen LogP contribution in [-0.4, -0.2) is 28.4 Å². The van der Waals surface area contributed by atoms with Gasteiger partial charge in [0, 0.05) is 17.4 Å². The molecule has 1 aromatic heterocycles. The van der Waals surface area contributed by atoms with Crippen molar-refractivity contribution in [3.63, 3.8) is 0 Å². The summed E-state index contributed by atoms with van der Waals surface area (Å²) in [6.45, 7) is 3.76. The van der Waals surface area contributed by atoms with Crippen molar-refractivity contribution in [2.24, 2.45) is 0 Å². The van der Waals surface area contributed by atoms with Crippen LogP contribution in [0.4, 0.5) is 5.69 Å². The molecule has 0 bridgehead atoms. The summed E-state index contributed by atoms with van der Waals surface area (Å²) in [5, 5.41) is 7.48. The minimum atomic E-state index is -0.227. The minimum absolute atomic E-state index is 0.00271. The van der Waals surface area contributed by atoms with Gasteiger partial charge in [-0.05, 0) is 38.1 Å². The number of benzene rings is 1. The predicted octanol–water partition coefficient (Wildman–Crippen LogP) is 2.89. The Morgan fingerprint density at radius 1 is 1.50 bits per heavy atom. The van der Waals surface area contributed by atoms with Crippen molar-refractivity contribution in [2.45, 2.75) is 20.0 Å². The van der Waals surface area contributed by atoms with Gasteiger partial charge in [0.05, 0.1) is 17.5 Å². The number of rotatable bonds is 5. The zero-order chi connectivity index (χ0) is 14.5. The van der Waals surface area contributed by atoms with E-state index in [4.69, 9.17) is 16.3 Å². The summed E-state index contributed by atoms with van der Waals surface area (Å²) in [6, 6.07) is 7.04. The fourth-order valence-corrected chi connectivity index (χ4v) is 1.82. The molecule has 0 unspecified atom stereocenters.